The highest BCUT2D eigenvalue weighted by atomic mass is 19.3. The molecule has 0 fully saturated rings. The van der Waals surface area contributed by atoms with Gasteiger partial charge in [-0.05, 0) is 13.0 Å². The number of nitrogens with one attached hydrogen (secondary N) is 1. The first-order valence-electron chi connectivity index (χ1n) is 6.95. The fraction of sp³-hybridized carbons (Fsp3) is 0.286. The van der Waals surface area contributed by atoms with Crippen LogP contribution in [0.15, 0.2) is 24.7 Å². The molecular weight excluding hydrogens is 322 g/mol. The lowest BCUT2D eigenvalue weighted by Crippen LogP contribution is -2.12. The van der Waals surface area contributed by atoms with Crippen LogP contribution in [0.25, 0.3) is 5.65 Å². The average Bonchev–Trinajstić information content (AvgIpc) is 3.13. The Morgan fingerprint density at radius 2 is 2.17 bits per heavy atom. The molecule has 0 aliphatic carbocycles. The van der Waals surface area contributed by atoms with Crippen LogP contribution in [0.2, 0.25) is 0 Å². The monoisotopic (exact) mass is 336 g/mol. The number of ether oxygens (including phenoxy) is 1. The second-order valence-electron chi connectivity index (χ2n) is 5.06. The van der Waals surface area contributed by atoms with Gasteiger partial charge in [-0.3, -0.25) is 4.79 Å². The van der Waals surface area contributed by atoms with E-state index in [1.54, 1.807) is 13.1 Å². The van der Waals surface area contributed by atoms with Crippen LogP contribution in [-0.2, 0) is 11.5 Å². The van der Waals surface area contributed by atoms with Crippen molar-refractivity contribution in [1.82, 2.24) is 24.4 Å². The Balaban J connectivity index is 1.92. The summed E-state index contributed by atoms with van der Waals surface area (Å²) in [6.07, 6.45) is 1.52. The lowest BCUT2D eigenvalue weighted by Gasteiger charge is -2.05. The first-order valence-corrected chi connectivity index (χ1v) is 6.95. The van der Waals surface area contributed by atoms with E-state index in [2.05, 4.69) is 20.5 Å². The van der Waals surface area contributed by atoms with Gasteiger partial charge >= 0.3 is 0 Å². The predicted octanol–water partition coefficient (Wildman–Crippen LogP) is 2.03. The molecule has 8 nitrogen and oxygen atoms in total. The second kappa shape index (κ2) is 6.32. The summed E-state index contributed by atoms with van der Waals surface area (Å²) in [4.78, 5) is 16.5. The number of anilines is 1. The zero-order chi connectivity index (χ0) is 17.3. The number of aromatic nitrogens is 5. The van der Waals surface area contributed by atoms with E-state index in [0.717, 1.165) is 4.52 Å². The topological polar surface area (TPSA) is 86.3 Å². The zero-order valence-electron chi connectivity index (χ0n) is 12.9. The van der Waals surface area contributed by atoms with Gasteiger partial charge in [-0.1, -0.05) is 0 Å². The quantitative estimate of drug-likeness (QED) is 0.770. The fourth-order valence-electron chi connectivity index (χ4n) is 2.26. The van der Waals surface area contributed by atoms with Crippen LogP contribution in [0.3, 0.4) is 0 Å². The summed E-state index contributed by atoms with van der Waals surface area (Å²) >= 11 is 0. The minimum absolute atomic E-state index is 0.0760. The molecule has 0 radical (unpaired) electrons. The lowest BCUT2D eigenvalue weighted by atomic mass is 10.3. The third kappa shape index (κ3) is 2.95. The molecule has 3 aromatic rings. The van der Waals surface area contributed by atoms with E-state index < -0.39 is 12.3 Å². The molecule has 0 saturated heterocycles. The van der Waals surface area contributed by atoms with Crippen molar-refractivity contribution in [2.75, 3.05) is 12.4 Å². The van der Waals surface area contributed by atoms with Crippen molar-refractivity contribution in [2.45, 2.75) is 20.1 Å². The Labute approximate surface area is 135 Å². The van der Waals surface area contributed by atoms with E-state index in [4.69, 9.17) is 4.74 Å². The summed E-state index contributed by atoms with van der Waals surface area (Å²) in [5.41, 5.74) is 0.676. The number of nitrogens with zero attached hydrogens (tertiary/aromatic N) is 5. The molecule has 0 unspecified atom stereocenters. The van der Waals surface area contributed by atoms with Gasteiger partial charge < -0.3 is 10.1 Å². The number of rotatable bonds is 5. The van der Waals surface area contributed by atoms with Gasteiger partial charge in [0, 0.05) is 12.8 Å². The molecule has 0 aliphatic heterocycles. The number of hydrogen-bond donors (Lipinski definition) is 1. The third-order valence-electron chi connectivity index (χ3n) is 3.25. The van der Waals surface area contributed by atoms with E-state index >= 15 is 0 Å². The Morgan fingerprint density at radius 3 is 2.88 bits per heavy atom. The van der Waals surface area contributed by atoms with Crippen molar-refractivity contribution in [1.29, 1.82) is 0 Å². The van der Waals surface area contributed by atoms with Crippen LogP contribution in [0.1, 0.15) is 28.2 Å². The highest BCUT2D eigenvalue weighted by molar-refractivity contribution is 6.08. The zero-order valence-corrected chi connectivity index (χ0v) is 12.9. The molecular formula is C14H14F2N6O2. The number of alkyl halides is 2. The van der Waals surface area contributed by atoms with E-state index in [0.29, 0.717) is 11.4 Å². The van der Waals surface area contributed by atoms with Crippen molar-refractivity contribution in [3.05, 3.63) is 41.6 Å². The van der Waals surface area contributed by atoms with Gasteiger partial charge in [0.15, 0.2) is 5.65 Å². The largest absolute Gasteiger partial charge is 0.362 e. The summed E-state index contributed by atoms with van der Waals surface area (Å²) in [5.74, 6) is -0.514. The molecule has 1 amide bonds. The van der Waals surface area contributed by atoms with Crippen LogP contribution in [0.5, 0.6) is 0 Å². The maximum atomic E-state index is 13.1. The molecule has 126 valence electrons. The molecule has 0 bridgehead atoms. The number of methoxy groups -OCH3 is 1. The molecule has 0 atom stereocenters. The lowest BCUT2D eigenvalue weighted by molar-refractivity contribution is 0.102. The summed E-state index contributed by atoms with van der Waals surface area (Å²) < 4.78 is 33.6. The number of halogens is 2. The van der Waals surface area contributed by atoms with Crippen molar-refractivity contribution >= 4 is 17.2 Å². The van der Waals surface area contributed by atoms with Gasteiger partial charge in [-0.15, -0.1) is 0 Å². The molecule has 3 heterocycles. The number of hydrogen-bond acceptors (Lipinski definition) is 5. The van der Waals surface area contributed by atoms with Gasteiger partial charge in [0.2, 0.25) is 0 Å². The number of carbonyl (C=O) groups is 1. The SMILES string of the molecule is COCn1cc(NC(=O)c2cnn3c(C(F)F)cc(C)nc23)cn1. The van der Waals surface area contributed by atoms with Crippen molar-refractivity contribution in [3.63, 3.8) is 0 Å². The molecule has 3 aromatic heterocycles. The van der Waals surface area contributed by atoms with Gasteiger partial charge in [0.25, 0.3) is 12.3 Å². The highest BCUT2D eigenvalue weighted by Gasteiger charge is 2.20. The van der Waals surface area contributed by atoms with E-state index in [1.165, 1.54) is 30.3 Å². The first-order chi connectivity index (χ1) is 11.5. The smallest absolute Gasteiger partial charge is 0.280 e. The Hall–Kier alpha value is -2.88. The van der Waals surface area contributed by atoms with Crippen LogP contribution >= 0.6 is 0 Å². The molecule has 0 aromatic carbocycles. The van der Waals surface area contributed by atoms with Crippen LogP contribution in [-0.4, -0.2) is 37.4 Å². The number of carbonyl (C=O) groups excluding carboxylic acids is 1. The summed E-state index contributed by atoms with van der Waals surface area (Å²) in [7, 11) is 1.52. The highest BCUT2D eigenvalue weighted by Crippen LogP contribution is 2.22. The third-order valence-corrected chi connectivity index (χ3v) is 3.25. The van der Waals surface area contributed by atoms with Crippen molar-refractivity contribution in [3.8, 4) is 0 Å². The van der Waals surface area contributed by atoms with Gasteiger partial charge in [0.05, 0.1) is 24.3 Å². The first kappa shape index (κ1) is 16.0. The Kier molecular flexibility index (Phi) is 4.21. The molecule has 10 heteroatoms. The maximum absolute atomic E-state index is 13.1. The van der Waals surface area contributed by atoms with E-state index in [9.17, 15) is 13.6 Å². The number of amides is 1. The van der Waals surface area contributed by atoms with Crippen molar-refractivity contribution in [2.24, 2.45) is 0 Å². The Morgan fingerprint density at radius 1 is 1.38 bits per heavy atom. The van der Waals surface area contributed by atoms with E-state index in [-0.39, 0.29) is 23.6 Å². The average molecular weight is 336 g/mol. The van der Waals surface area contributed by atoms with Crippen LogP contribution < -0.4 is 5.32 Å². The molecule has 1 N–H and O–H groups in total. The van der Waals surface area contributed by atoms with E-state index in [1.807, 2.05) is 0 Å². The molecule has 0 saturated carbocycles. The molecule has 0 aliphatic rings. The minimum Gasteiger partial charge on any atom is -0.362 e. The second-order valence-corrected chi connectivity index (χ2v) is 5.06. The summed E-state index contributed by atoms with van der Waals surface area (Å²) in [6.45, 7) is 1.82. The normalized spacial score (nSPS) is 11.4. The molecule has 3 rings (SSSR count). The fourth-order valence-corrected chi connectivity index (χ4v) is 2.26. The van der Waals surface area contributed by atoms with Crippen LogP contribution in [0, 0.1) is 6.92 Å². The molecule has 0 spiro atoms. The number of fused-ring (bicyclic) bond motifs is 1. The summed E-state index contributed by atoms with van der Waals surface area (Å²) in [5, 5.41) is 10.5. The minimum atomic E-state index is -2.72. The molecule has 24 heavy (non-hydrogen) atoms. The van der Waals surface area contributed by atoms with Gasteiger partial charge in [-0.25, -0.2) is 23.0 Å². The van der Waals surface area contributed by atoms with Gasteiger partial charge in [0.1, 0.15) is 18.0 Å². The van der Waals surface area contributed by atoms with Crippen LogP contribution in [0.4, 0.5) is 14.5 Å². The number of aryl methyl sites for hydroxylation is 1. The predicted molar refractivity (Wildman–Crippen MR) is 79.9 cm³/mol. The maximum Gasteiger partial charge on any atom is 0.280 e. The van der Waals surface area contributed by atoms with Gasteiger partial charge in [-0.2, -0.15) is 10.2 Å². The summed E-state index contributed by atoms with van der Waals surface area (Å²) in [6, 6.07) is 1.24. The Bertz CT molecular complexity index is 889. The standard InChI is InChI=1S/C14H14F2N6O2/c1-8-3-11(12(15)16)22-13(19-8)10(5-18-22)14(23)20-9-4-17-21(6-9)7-24-2/h3-6,12H,7H2,1-2H3,(H,20,23). The van der Waals surface area contributed by atoms with Crippen molar-refractivity contribution < 1.29 is 18.3 Å².